The molecule has 2 heteroatoms. The van der Waals surface area contributed by atoms with Crippen molar-refractivity contribution in [2.45, 2.75) is 11.8 Å². The minimum atomic E-state index is 0.0185. The normalized spacial score (nSPS) is 14.2. The first-order chi connectivity index (χ1) is 3.81. The van der Waals surface area contributed by atoms with Gasteiger partial charge in [-0.15, -0.1) is 18.2 Å². The molecule has 0 N–H and O–H groups in total. The van der Waals surface area contributed by atoms with Gasteiger partial charge in [0, 0.05) is 5.54 Å². The predicted octanol–water partition coefficient (Wildman–Crippen LogP) is 2.92. The minimum Gasteiger partial charge on any atom is -0.118 e. The van der Waals surface area contributed by atoms with Crippen LogP contribution >= 0.6 is 23.2 Å². The number of hydrogen-bond donors (Lipinski definition) is 0. The van der Waals surface area contributed by atoms with Gasteiger partial charge in [-0.3, -0.25) is 0 Å². The van der Waals surface area contributed by atoms with Gasteiger partial charge in [0.2, 0.25) is 0 Å². The van der Waals surface area contributed by atoms with Crippen molar-refractivity contribution in [3.63, 3.8) is 0 Å². The zero-order valence-electron chi connectivity index (χ0n) is 4.48. The molecule has 0 amide bonds. The number of halogens is 2. The molecule has 0 bridgehead atoms. The number of rotatable bonds is 3. The van der Waals surface area contributed by atoms with Gasteiger partial charge in [-0.25, -0.2) is 0 Å². The molecule has 1 atom stereocenters. The maximum atomic E-state index is 5.62. The molecule has 8 heavy (non-hydrogen) atoms. The van der Waals surface area contributed by atoms with Gasteiger partial charge in [0.05, 0.1) is 5.38 Å². The molecular weight excluding hydrogens is 143 g/mol. The molecule has 0 aliphatic carbocycles. The van der Waals surface area contributed by atoms with E-state index < -0.39 is 0 Å². The highest BCUT2D eigenvalue weighted by Gasteiger charge is 1.90. The molecule has 0 nitrogen and oxygen atoms in total. The van der Waals surface area contributed by atoms with Crippen molar-refractivity contribution in [2.24, 2.45) is 0 Å². The molecule has 0 aromatic rings. The fraction of sp³-hybridized carbons (Fsp3) is 0.333. The van der Waals surface area contributed by atoms with Gasteiger partial charge in [-0.2, -0.15) is 0 Å². The molecule has 0 fully saturated rings. The maximum Gasteiger partial charge on any atom is 0.0548 e. The smallest absolute Gasteiger partial charge is 0.0548 e. The van der Waals surface area contributed by atoms with Crippen LogP contribution in [0.15, 0.2) is 24.3 Å². The highest BCUT2D eigenvalue weighted by molar-refractivity contribution is 6.25. The lowest BCUT2D eigenvalue weighted by molar-refractivity contribution is 1.07. The van der Waals surface area contributed by atoms with Crippen molar-refractivity contribution >= 4 is 23.2 Å². The van der Waals surface area contributed by atoms with E-state index >= 15 is 0 Å². The van der Waals surface area contributed by atoms with E-state index in [1.165, 1.54) is 5.54 Å². The Hall–Kier alpha value is 0.0600. The topological polar surface area (TPSA) is 0 Å². The Labute approximate surface area is 59.8 Å². The van der Waals surface area contributed by atoms with Gasteiger partial charge < -0.3 is 0 Å². The van der Waals surface area contributed by atoms with Crippen molar-refractivity contribution in [2.75, 3.05) is 0 Å². The second-order valence-corrected chi connectivity index (χ2v) is 2.16. The summed E-state index contributed by atoms with van der Waals surface area (Å²) in [5, 5.41) is 0.0185. The Morgan fingerprint density at radius 3 is 2.62 bits per heavy atom. The Morgan fingerprint density at radius 2 is 2.25 bits per heavy atom. The van der Waals surface area contributed by atoms with Crippen LogP contribution in [0.5, 0.6) is 0 Å². The lowest BCUT2D eigenvalue weighted by Gasteiger charge is -1.93. The summed E-state index contributed by atoms with van der Waals surface area (Å²) in [6, 6.07) is 0. The molecule has 0 aromatic heterocycles. The molecule has 46 valence electrons. The van der Waals surface area contributed by atoms with E-state index in [4.69, 9.17) is 23.2 Å². The zero-order chi connectivity index (χ0) is 6.41. The standard InChI is InChI=1S/C6H8Cl2/c1-2-6(8)4-3-5-7/h2-3,5-6H,1,4H2/b5-3+. The van der Waals surface area contributed by atoms with E-state index in [0.717, 1.165) is 6.42 Å². The van der Waals surface area contributed by atoms with Crippen LogP contribution in [0.4, 0.5) is 0 Å². The van der Waals surface area contributed by atoms with E-state index in [9.17, 15) is 0 Å². The van der Waals surface area contributed by atoms with Crippen molar-refractivity contribution < 1.29 is 0 Å². The third-order valence-electron chi connectivity index (χ3n) is 0.706. The van der Waals surface area contributed by atoms with Crippen molar-refractivity contribution in [3.05, 3.63) is 24.3 Å². The molecule has 1 unspecified atom stereocenters. The summed E-state index contributed by atoms with van der Waals surface area (Å²) in [5.41, 5.74) is 1.46. The summed E-state index contributed by atoms with van der Waals surface area (Å²) in [6.07, 6.45) is 4.23. The maximum absolute atomic E-state index is 5.62. The third kappa shape index (κ3) is 4.23. The van der Waals surface area contributed by atoms with Gasteiger partial charge in [0.15, 0.2) is 0 Å². The molecule has 0 radical (unpaired) electrons. The summed E-state index contributed by atoms with van der Waals surface area (Å²) >= 11 is 10.8. The van der Waals surface area contributed by atoms with Crippen LogP contribution in [0.1, 0.15) is 6.42 Å². The zero-order valence-corrected chi connectivity index (χ0v) is 5.99. The molecule has 0 spiro atoms. The van der Waals surface area contributed by atoms with Crippen LogP contribution in [0.25, 0.3) is 0 Å². The lowest BCUT2D eigenvalue weighted by atomic mass is 10.3. The summed E-state index contributed by atoms with van der Waals surface area (Å²) in [5.74, 6) is 0. The average Bonchev–Trinajstić information content (AvgIpc) is 1.83. The Balaban J connectivity index is 3.23. The number of alkyl halides is 1. The third-order valence-corrected chi connectivity index (χ3v) is 1.24. The van der Waals surface area contributed by atoms with E-state index in [0.29, 0.717) is 0 Å². The Bertz CT molecular complexity index is 86.5. The van der Waals surface area contributed by atoms with Gasteiger partial charge in [-0.05, 0) is 6.42 Å². The molecular formula is C6H8Cl2. The van der Waals surface area contributed by atoms with Gasteiger partial charge in [-0.1, -0.05) is 23.8 Å². The summed E-state index contributed by atoms with van der Waals surface area (Å²) in [4.78, 5) is 0. The molecule has 0 aliphatic rings. The SMILES string of the molecule is C=CC(Cl)C/C=C/Cl. The van der Waals surface area contributed by atoms with Crippen molar-refractivity contribution in [1.29, 1.82) is 0 Å². The quantitative estimate of drug-likeness (QED) is 0.429. The van der Waals surface area contributed by atoms with Crippen LogP contribution in [-0.2, 0) is 0 Å². The fourth-order valence-electron chi connectivity index (χ4n) is 0.278. The van der Waals surface area contributed by atoms with Crippen LogP contribution in [0.2, 0.25) is 0 Å². The average molecular weight is 151 g/mol. The number of allylic oxidation sites excluding steroid dienone is 2. The lowest BCUT2D eigenvalue weighted by Crippen LogP contribution is -1.86. The molecule has 0 rings (SSSR count). The first kappa shape index (κ1) is 8.06. The van der Waals surface area contributed by atoms with Crippen molar-refractivity contribution in [3.8, 4) is 0 Å². The van der Waals surface area contributed by atoms with E-state index in [2.05, 4.69) is 6.58 Å². The second kappa shape index (κ2) is 5.20. The van der Waals surface area contributed by atoms with Gasteiger partial charge in [0.25, 0.3) is 0 Å². The first-order valence-electron chi connectivity index (χ1n) is 2.33. The monoisotopic (exact) mass is 150 g/mol. The first-order valence-corrected chi connectivity index (χ1v) is 3.20. The molecule has 0 heterocycles. The summed E-state index contributed by atoms with van der Waals surface area (Å²) in [6.45, 7) is 3.50. The van der Waals surface area contributed by atoms with Gasteiger partial charge >= 0.3 is 0 Å². The van der Waals surface area contributed by atoms with E-state index in [1.807, 2.05) is 0 Å². The van der Waals surface area contributed by atoms with Crippen LogP contribution < -0.4 is 0 Å². The highest BCUT2D eigenvalue weighted by Crippen LogP contribution is 2.03. The molecule has 0 aromatic carbocycles. The summed E-state index contributed by atoms with van der Waals surface area (Å²) in [7, 11) is 0. The predicted molar refractivity (Wildman–Crippen MR) is 39.4 cm³/mol. The Morgan fingerprint density at radius 1 is 1.62 bits per heavy atom. The molecule has 0 saturated carbocycles. The fourth-order valence-corrected chi connectivity index (χ4v) is 0.483. The van der Waals surface area contributed by atoms with Gasteiger partial charge in [0.1, 0.15) is 0 Å². The number of hydrogen-bond acceptors (Lipinski definition) is 0. The second-order valence-electron chi connectivity index (χ2n) is 1.35. The van der Waals surface area contributed by atoms with Crippen LogP contribution in [0, 0.1) is 0 Å². The Kier molecular flexibility index (Phi) is 5.24. The van der Waals surface area contributed by atoms with E-state index in [-0.39, 0.29) is 5.38 Å². The minimum absolute atomic E-state index is 0.0185. The van der Waals surface area contributed by atoms with Crippen LogP contribution in [-0.4, -0.2) is 5.38 Å². The highest BCUT2D eigenvalue weighted by atomic mass is 35.5. The largest absolute Gasteiger partial charge is 0.118 e. The van der Waals surface area contributed by atoms with E-state index in [1.54, 1.807) is 12.2 Å². The van der Waals surface area contributed by atoms with Crippen molar-refractivity contribution in [1.82, 2.24) is 0 Å². The molecule has 0 saturated heterocycles. The van der Waals surface area contributed by atoms with Crippen LogP contribution in [0.3, 0.4) is 0 Å². The summed E-state index contributed by atoms with van der Waals surface area (Å²) < 4.78 is 0. The molecule has 0 aliphatic heterocycles.